The van der Waals surface area contributed by atoms with Gasteiger partial charge in [-0.25, -0.2) is 0 Å². The Hall–Kier alpha value is -1.02. The first-order valence-corrected chi connectivity index (χ1v) is 6.36. The molecule has 0 amide bonds. The van der Waals surface area contributed by atoms with Crippen molar-refractivity contribution >= 4 is 5.69 Å². The second-order valence-electron chi connectivity index (χ2n) is 4.65. The molecule has 0 radical (unpaired) electrons. The van der Waals surface area contributed by atoms with Crippen LogP contribution in [0.5, 0.6) is 0 Å². The topological polar surface area (TPSA) is 29.3 Å². The molecule has 0 saturated heterocycles. The number of hydrogen-bond acceptors (Lipinski definition) is 2. The van der Waals surface area contributed by atoms with Gasteiger partial charge in [0.2, 0.25) is 0 Å². The summed E-state index contributed by atoms with van der Waals surface area (Å²) < 4.78 is 0. The Morgan fingerprint density at radius 2 is 2.00 bits per heavy atom. The summed E-state index contributed by atoms with van der Waals surface area (Å²) in [5.74, 6) is 0. The highest BCUT2D eigenvalue weighted by molar-refractivity contribution is 5.46. The van der Waals surface area contributed by atoms with Crippen LogP contribution in [0.25, 0.3) is 0 Å². The van der Waals surface area contributed by atoms with Crippen molar-refractivity contribution in [1.29, 1.82) is 0 Å². The molecule has 1 aliphatic carbocycles. The van der Waals surface area contributed by atoms with Gasteiger partial charge in [-0.15, -0.1) is 0 Å². The molecule has 0 aromatic heterocycles. The van der Waals surface area contributed by atoms with Crippen LogP contribution in [0, 0.1) is 0 Å². The van der Waals surface area contributed by atoms with E-state index in [0.717, 1.165) is 18.8 Å². The Bertz CT molecular complexity index is 356. The van der Waals surface area contributed by atoms with Crippen molar-refractivity contribution in [3.8, 4) is 0 Å². The van der Waals surface area contributed by atoms with Crippen LogP contribution < -0.4 is 5.73 Å². The number of hydrogen-bond donors (Lipinski definition) is 1. The number of rotatable bonds is 3. The van der Waals surface area contributed by atoms with Crippen molar-refractivity contribution in [1.82, 2.24) is 4.90 Å². The van der Waals surface area contributed by atoms with Gasteiger partial charge < -0.3 is 10.6 Å². The first kappa shape index (κ1) is 11.5. The standard InChI is InChI=1S/C14H22N2/c1-3-16(4-2)14-8-6-11-5-7-13(15)9-12(11)10-14/h5,7,9,14H,3-4,6,8,10,15H2,1-2H3. The van der Waals surface area contributed by atoms with E-state index in [0.29, 0.717) is 6.04 Å². The van der Waals surface area contributed by atoms with E-state index in [4.69, 9.17) is 5.73 Å². The van der Waals surface area contributed by atoms with Gasteiger partial charge in [-0.2, -0.15) is 0 Å². The Morgan fingerprint density at radius 3 is 2.69 bits per heavy atom. The Labute approximate surface area is 98.4 Å². The first-order valence-electron chi connectivity index (χ1n) is 6.36. The van der Waals surface area contributed by atoms with Gasteiger partial charge in [0.15, 0.2) is 0 Å². The van der Waals surface area contributed by atoms with Crippen LogP contribution in [-0.2, 0) is 12.8 Å². The maximum absolute atomic E-state index is 5.85. The number of benzene rings is 1. The molecule has 0 bridgehead atoms. The van der Waals surface area contributed by atoms with Crippen molar-refractivity contribution in [2.75, 3.05) is 18.8 Å². The van der Waals surface area contributed by atoms with Crippen molar-refractivity contribution in [3.63, 3.8) is 0 Å². The largest absolute Gasteiger partial charge is 0.399 e. The van der Waals surface area contributed by atoms with E-state index in [9.17, 15) is 0 Å². The van der Waals surface area contributed by atoms with E-state index in [1.165, 1.54) is 30.4 Å². The normalized spacial score (nSPS) is 19.8. The molecule has 1 aromatic carbocycles. The van der Waals surface area contributed by atoms with E-state index < -0.39 is 0 Å². The summed E-state index contributed by atoms with van der Waals surface area (Å²) in [5, 5.41) is 0. The number of likely N-dealkylation sites (N-methyl/N-ethyl adjacent to an activating group) is 1. The van der Waals surface area contributed by atoms with Crippen molar-refractivity contribution < 1.29 is 0 Å². The van der Waals surface area contributed by atoms with Crippen molar-refractivity contribution in [3.05, 3.63) is 29.3 Å². The molecular weight excluding hydrogens is 196 g/mol. The third-order valence-electron chi connectivity index (χ3n) is 3.76. The van der Waals surface area contributed by atoms with Gasteiger partial charge in [0.05, 0.1) is 0 Å². The lowest BCUT2D eigenvalue weighted by molar-refractivity contribution is 0.199. The fourth-order valence-electron chi connectivity index (χ4n) is 2.81. The van der Waals surface area contributed by atoms with Crippen LogP contribution in [0.4, 0.5) is 5.69 Å². The van der Waals surface area contributed by atoms with Gasteiger partial charge in [-0.1, -0.05) is 19.9 Å². The number of anilines is 1. The molecule has 1 aromatic rings. The van der Waals surface area contributed by atoms with Gasteiger partial charge in [0, 0.05) is 11.7 Å². The SMILES string of the molecule is CCN(CC)C1CCc2ccc(N)cc2C1. The molecule has 0 saturated carbocycles. The molecule has 16 heavy (non-hydrogen) atoms. The molecular formula is C14H22N2. The summed E-state index contributed by atoms with van der Waals surface area (Å²) in [7, 11) is 0. The zero-order chi connectivity index (χ0) is 11.5. The summed E-state index contributed by atoms with van der Waals surface area (Å²) >= 11 is 0. The zero-order valence-corrected chi connectivity index (χ0v) is 10.4. The van der Waals surface area contributed by atoms with Crippen LogP contribution in [-0.4, -0.2) is 24.0 Å². The van der Waals surface area contributed by atoms with Gasteiger partial charge in [0.25, 0.3) is 0 Å². The third kappa shape index (κ3) is 2.22. The van der Waals surface area contributed by atoms with E-state index in [-0.39, 0.29) is 0 Å². The third-order valence-corrected chi connectivity index (χ3v) is 3.76. The molecule has 0 heterocycles. The fourth-order valence-corrected chi connectivity index (χ4v) is 2.81. The fraction of sp³-hybridized carbons (Fsp3) is 0.571. The van der Waals surface area contributed by atoms with E-state index in [2.05, 4.69) is 30.9 Å². The number of aryl methyl sites for hydroxylation is 1. The monoisotopic (exact) mass is 218 g/mol. The lowest BCUT2D eigenvalue weighted by atomic mass is 9.87. The average molecular weight is 218 g/mol. The van der Waals surface area contributed by atoms with Crippen LogP contribution in [0.2, 0.25) is 0 Å². The van der Waals surface area contributed by atoms with E-state index in [1.54, 1.807) is 0 Å². The number of nitrogens with two attached hydrogens (primary N) is 1. The minimum absolute atomic E-state index is 0.712. The summed E-state index contributed by atoms with van der Waals surface area (Å²) in [6.45, 7) is 6.80. The van der Waals surface area contributed by atoms with Crippen LogP contribution in [0.15, 0.2) is 18.2 Å². The van der Waals surface area contributed by atoms with Crippen LogP contribution in [0.1, 0.15) is 31.4 Å². The number of nitrogen functional groups attached to an aromatic ring is 1. The first-order chi connectivity index (χ1) is 7.74. The average Bonchev–Trinajstić information content (AvgIpc) is 2.30. The maximum Gasteiger partial charge on any atom is 0.0316 e. The molecule has 2 rings (SSSR count). The minimum atomic E-state index is 0.712. The summed E-state index contributed by atoms with van der Waals surface area (Å²) in [5.41, 5.74) is 9.72. The van der Waals surface area contributed by atoms with Crippen LogP contribution in [0.3, 0.4) is 0 Å². The van der Waals surface area contributed by atoms with Gasteiger partial charge in [-0.05, 0) is 55.6 Å². The number of nitrogens with zero attached hydrogens (tertiary/aromatic N) is 1. The van der Waals surface area contributed by atoms with Gasteiger partial charge in [0.1, 0.15) is 0 Å². The smallest absolute Gasteiger partial charge is 0.0316 e. The molecule has 2 heteroatoms. The predicted molar refractivity (Wildman–Crippen MR) is 69.6 cm³/mol. The zero-order valence-electron chi connectivity index (χ0n) is 10.4. The number of fused-ring (bicyclic) bond motifs is 1. The molecule has 1 aliphatic rings. The summed E-state index contributed by atoms with van der Waals surface area (Å²) in [4.78, 5) is 2.56. The Balaban J connectivity index is 2.16. The summed E-state index contributed by atoms with van der Waals surface area (Å²) in [6.07, 6.45) is 3.66. The molecule has 0 fully saturated rings. The maximum atomic E-state index is 5.85. The Morgan fingerprint density at radius 1 is 1.25 bits per heavy atom. The highest BCUT2D eigenvalue weighted by Gasteiger charge is 2.22. The van der Waals surface area contributed by atoms with E-state index in [1.807, 2.05) is 6.07 Å². The molecule has 0 spiro atoms. The lowest BCUT2D eigenvalue weighted by Crippen LogP contribution is -2.39. The van der Waals surface area contributed by atoms with Gasteiger partial charge >= 0.3 is 0 Å². The lowest BCUT2D eigenvalue weighted by Gasteiger charge is -2.33. The molecule has 1 atom stereocenters. The molecule has 2 nitrogen and oxygen atoms in total. The van der Waals surface area contributed by atoms with E-state index >= 15 is 0 Å². The second kappa shape index (κ2) is 4.88. The minimum Gasteiger partial charge on any atom is -0.399 e. The molecule has 88 valence electrons. The second-order valence-corrected chi connectivity index (χ2v) is 4.65. The quantitative estimate of drug-likeness (QED) is 0.790. The predicted octanol–water partition coefficient (Wildman–Crippen LogP) is 2.47. The molecule has 2 N–H and O–H groups in total. The molecule has 0 aliphatic heterocycles. The summed E-state index contributed by atoms with van der Waals surface area (Å²) in [6, 6.07) is 7.09. The van der Waals surface area contributed by atoms with Gasteiger partial charge in [-0.3, -0.25) is 0 Å². The highest BCUT2D eigenvalue weighted by Crippen LogP contribution is 2.26. The van der Waals surface area contributed by atoms with Crippen molar-refractivity contribution in [2.24, 2.45) is 0 Å². The van der Waals surface area contributed by atoms with Crippen molar-refractivity contribution in [2.45, 2.75) is 39.2 Å². The highest BCUT2D eigenvalue weighted by atomic mass is 15.1. The molecule has 1 unspecified atom stereocenters. The van der Waals surface area contributed by atoms with Crippen LogP contribution >= 0.6 is 0 Å². The Kier molecular flexibility index (Phi) is 3.49.